The quantitative estimate of drug-likeness (QED) is 0.898. The molecule has 96 valence electrons. The Balaban J connectivity index is 2.32. The summed E-state index contributed by atoms with van der Waals surface area (Å²) in [6.07, 6.45) is 0. The third kappa shape index (κ3) is 2.82. The van der Waals surface area contributed by atoms with Gasteiger partial charge in [0.25, 0.3) is 0 Å². The minimum absolute atomic E-state index is 0.124. The van der Waals surface area contributed by atoms with Gasteiger partial charge in [0.1, 0.15) is 17.3 Å². The fraction of sp³-hybridized carbons (Fsp3) is 0.286. The van der Waals surface area contributed by atoms with Gasteiger partial charge in [-0.1, -0.05) is 22.9 Å². The Bertz CT molecular complexity index is 538. The molecule has 0 aliphatic rings. The molecule has 0 fully saturated rings. The number of hydrogen-bond acceptors (Lipinski definition) is 2. The Hall–Kier alpha value is -1.13. The van der Waals surface area contributed by atoms with Crippen LogP contribution in [0.4, 0.5) is 4.39 Å². The van der Waals surface area contributed by atoms with Crippen LogP contribution in [0.25, 0.3) is 11.3 Å². The Kier molecular flexibility index (Phi) is 4.19. The molecular formula is C14H15BrFNO. The van der Waals surface area contributed by atoms with Crippen LogP contribution in [0.3, 0.4) is 0 Å². The van der Waals surface area contributed by atoms with Crippen molar-refractivity contribution in [1.29, 1.82) is 0 Å². The molecule has 1 aromatic heterocycles. The zero-order valence-electron chi connectivity index (χ0n) is 10.3. The number of halogens is 2. The number of furan rings is 1. The van der Waals surface area contributed by atoms with Crippen molar-refractivity contribution in [2.75, 3.05) is 6.54 Å². The lowest BCUT2D eigenvalue weighted by Gasteiger charge is -2.08. The molecule has 0 aliphatic carbocycles. The molecule has 0 saturated heterocycles. The Labute approximate surface area is 114 Å². The summed E-state index contributed by atoms with van der Waals surface area (Å²) in [5.74, 6) is 1.08. The molecule has 1 heterocycles. The molecule has 0 spiro atoms. The summed E-state index contributed by atoms with van der Waals surface area (Å²) in [7, 11) is 0. The summed E-state index contributed by atoms with van der Waals surface area (Å²) in [5, 5.41) is 3.26. The van der Waals surface area contributed by atoms with Gasteiger partial charge in [-0.2, -0.15) is 0 Å². The molecule has 1 unspecified atom stereocenters. The summed E-state index contributed by atoms with van der Waals surface area (Å²) >= 11 is 3.33. The molecule has 0 amide bonds. The first-order valence-corrected chi connectivity index (χ1v) is 6.69. The van der Waals surface area contributed by atoms with E-state index in [9.17, 15) is 4.39 Å². The van der Waals surface area contributed by atoms with Crippen molar-refractivity contribution < 1.29 is 8.81 Å². The van der Waals surface area contributed by atoms with Crippen molar-refractivity contribution in [2.45, 2.75) is 19.9 Å². The maximum absolute atomic E-state index is 13.7. The topological polar surface area (TPSA) is 25.2 Å². The molecule has 2 rings (SSSR count). The molecule has 18 heavy (non-hydrogen) atoms. The second-order valence-corrected chi connectivity index (χ2v) is 5.02. The molecule has 0 saturated carbocycles. The molecule has 2 aromatic rings. The first-order valence-electron chi connectivity index (χ1n) is 5.90. The summed E-state index contributed by atoms with van der Waals surface area (Å²) in [6.45, 7) is 4.92. The van der Waals surface area contributed by atoms with E-state index in [0.29, 0.717) is 11.3 Å². The van der Waals surface area contributed by atoms with Crippen LogP contribution < -0.4 is 5.32 Å². The predicted molar refractivity (Wildman–Crippen MR) is 73.9 cm³/mol. The third-order valence-corrected chi connectivity index (χ3v) is 3.25. The SMILES string of the molecule is CCNC(C)c1ccc(-c2cc(Br)ccc2F)o1. The second-order valence-electron chi connectivity index (χ2n) is 4.11. The van der Waals surface area contributed by atoms with Crippen LogP contribution in [-0.2, 0) is 0 Å². The van der Waals surface area contributed by atoms with Gasteiger partial charge >= 0.3 is 0 Å². The van der Waals surface area contributed by atoms with Gasteiger partial charge in [-0.15, -0.1) is 0 Å². The predicted octanol–water partition coefficient (Wildman–Crippen LogP) is 4.52. The van der Waals surface area contributed by atoms with Gasteiger partial charge in [-0.05, 0) is 43.8 Å². The highest BCUT2D eigenvalue weighted by molar-refractivity contribution is 9.10. The number of hydrogen-bond donors (Lipinski definition) is 1. The minimum Gasteiger partial charge on any atom is -0.459 e. The van der Waals surface area contributed by atoms with Gasteiger partial charge in [0, 0.05) is 4.47 Å². The molecular weight excluding hydrogens is 297 g/mol. The van der Waals surface area contributed by atoms with Crippen LogP contribution in [0.15, 0.2) is 39.2 Å². The van der Waals surface area contributed by atoms with Gasteiger partial charge in [-0.3, -0.25) is 0 Å². The van der Waals surface area contributed by atoms with Gasteiger partial charge in [0.2, 0.25) is 0 Å². The minimum atomic E-state index is -0.282. The molecule has 0 aliphatic heterocycles. The van der Waals surface area contributed by atoms with E-state index in [1.807, 2.05) is 19.9 Å². The molecule has 1 N–H and O–H groups in total. The molecule has 1 atom stereocenters. The molecule has 0 bridgehead atoms. The normalized spacial score (nSPS) is 12.7. The maximum Gasteiger partial charge on any atom is 0.137 e. The van der Waals surface area contributed by atoms with E-state index in [2.05, 4.69) is 21.2 Å². The molecule has 1 aromatic carbocycles. The lowest BCUT2D eigenvalue weighted by molar-refractivity contribution is 0.443. The molecule has 4 heteroatoms. The monoisotopic (exact) mass is 311 g/mol. The van der Waals surface area contributed by atoms with E-state index < -0.39 is 0 Å². The summed E-state index contributed by atoms with van der Waals surface area (Å²) < 4.78 is 20.2. The number of rotatable bonds is 4. The van der Waals surface area contributed by atoms with E-state index >= 15 is 0 Å². The van der Waals surface area contributed by atoms with Crippen molar-refractivity contribution in [3.63, 3.8) is 0 Å². The van der Waals surface area contributed by atoms with E-state index in [-0.39, 0.29) is 11.9 Å². The van der Waals surface area contributed by atoms with Crippen molar-refractivity contribution >= 4 is 15.9 Å². The Morgan fingerprint density at radius 1 is 1.33 bits per heavy atom. The average Bonchev–Trinajstić information content (AvgIpc) is 2.82. The number of benzene rings is 1. The third-order valence-electron chi connectivity index (χ3n) is 2.76. The van der Waals surface area contributed by atoms with Crippen molar-refractivity contribution in [2.24, 2.45) is 0 Å². The second kappa shape index (κ2) is 5.67. The lowest BCUT2D eigenvalue weighted by Crippen LogP contribution is -2.16. The first kappa shape index (κ1) is 13.3. The van der Waals surface area contributed by atoms with E-state index in [0.717, 1.165) is 16.8 Å². The van der Waals surface area contributed by atoms with Gasteiger partial charge in [0.15, 0.2) is 0 Å². The summed E-state index contributed by atoms with van der Waals surface area (Å²) in [4.78, 5) is 0. The highest BCUT2D eigenvalue weighted by Crippen LogP contribution is 2.29. The first-order chi connectivity index (χ1) is 8.61. The summed E-state index contributed by atoms with van der Waals surface area (Å²) in [6, 6.07) is 8.62. The average molecular weight is 312 g/mol. The van der Waals surface area contributed by atoms with Gasteiger partial charge in [0.05, 0.1) is 11.6 Å². The molecule has 2 nitrogen and oxygen atoms in total. The summed E-state index contributed by atoms with van der Waals surface area (Å²) in [5.41, 5.74) is 0.472. The van der Waals surface area contributed by atoms with Crippen LogP contribution >= 0.6 is 15.9 Å². The van der Waals surface area contributed by atoms with Crippen LogP contribution in [0, 0.1) is 5.82 Å². The zero-order chi connectivity index (χ0) is 13.1. The van der Waals surface area contributed by atoms with Gasteiger partial charge < -0.3 is 9.73 Å². The van der Waals surface area contributed by atoms with Crippen molar-refractivity contribution in [3.8, 4) is 11.3 Å². The van der Waals surface area contributed by atoms with Crippen molar-refractivity contribution in [1.82, 2.24) is 5.32 Å². The van der Waals surface area contributed by atoms with E-state index in [4.69, 9.17) is 4.42 Å². The zero-order valence-corrected chi connectivity index (χ0v) is 11.9. The highest BCUT2D eigenvalue weighted by Gasteiger charge is 2.13. The maximum atomic E-state index is 13.7. The smallest absolute Gasteiger partial charge is 0.137 e. The fourth-order valence-electron chi connectivity index (χ4n) is 1.82. The van der Waals surface area contributed by atoms with E-state index in [1.54, 1.807) is 18.2 Å². The van der Waals surface area contributed by atoms with Crippen LogP contribution in [-0.4, -0.2) is 6.54 Å². The number of nitrogens with one attached hydrogen (secondary N) is 1. The van der Waals surface area contributed by atoms with E-state index in [1.165, 1.54) is 6.07 Å². The standard InChI is InChI=1S/C14H15BrFNO/c1-3-17-9(2)13-6-7-14(18-13)11-8-10(15)4-5-12(11)16/h4-9,17H,3H2,1-2H3. The van der Waals surface area contributed by atoms with Gasteiger partial charge in [-0.25, -0.2) is 4.39 Å². The van der Waals surface area contributed by atoms with Crippen LogP contribution in [0.1, 0.15) is 25.6 Å². The Morgan fingerprint density at radius 2 is 2.11 bits per heavy atom. The highest BCUT2D eigenvalue weighted by atomic mass is 79.9. The van der Waals surface area contributed by atoms with Crippen LogP contribution in [0.2, 0.25) is 0 Å². The van der Waals surface area contributed by atoms with Crippen molar-refractivity contribution in [3.05, 3.63) is 46.4 Å². The fourth-order valence-corrected chi connectivity index (χ4v) is 2.18. The van der Waals surface area contributed by atoms with Crippen LogP contribution in [0.5, 0.6) is 0 Å². The molecule has 0 radical (unpaired) electrons. The largest absolute Gasteiger partial charge is 0.459 e. The lowest BCUT2D eigenvalue weighted by atomic mass is 10.1. The Morgan fingerprint density at radius 3 is 2.83 bits per heavy atom.